The molecule has 0 saturated heterocycles. The molecule has 1 heterocycles. The van der Waals surface area contributed by atoms with Crippen molar-refractivity contribution in [2.45, 2.75) is 45.2 Å². The van der Waals surface area contributed by atoms with E-state index in [9.17, 15) is 4.79 Å². The summed E-state index contributed by atoms with van der Waals surface area (Å²) in [6.07, 6.45) is 8.18. The van der Waals surface area contributed by atoms with Crippen LogP contribution in [0, 0.1) is 5.92 Å². The summed E-state index contributed by atoms with van der Waals surface area (Å²) in [7, 11) is 0. The SMILES string of the molecule is C[C@H](Cn1cccn1)NC(=O)C1CCCC1. The maximum atomic E-state index is 11.8. The van der Waals surface area contributed by atoms with Gasteiger partial charge in [0.25, 0.3) is 0 Å². The van der Waals surface area contributed by atoms with Crippen LogP contribution in [0.5, 0.6) is 0 Å². The average molecular weight is 221 g/mol. The summed E-state index contributed by atoms with van der Waals surface area (Å²) in [6, 6.07) is 2.04. The van der Waals surface area contributed by atoms with Gasteiger partial charge in [0.05, 0.1) is 6.54 Å². The molecule has 4 heteroatoms. The maximum absolute atomic E-state index is 11.8. The Morgan fingerprint density at radius 1 is 1.56 bits per heavy atom. The van der Waals surface area contributed by atoms with Gasteiger partial charge in [0, 0.05) is 24.4 Å². The Morgan fingerprint density at radius 3 is 2.94 bits per heavy atom. The van der Waals surface area contributed by atoms with E-state index in [0.717, 1.165) is 19.4 Å². The van der Waals surface area contributed by atoms with Crippen LogP contribution in [0.25, 0.3) is 0 Å². The molecule has 1 saturated carbocycles. The van der Waals surface area contributed by atoms with Crippen molar-refractivity contribution < 1.29 is 4.79 Å². The van der Waals surface area contributed by atoms with Crippen molar-refractivity contribution in [1.29, 1.82) is 0 Å². The van der Waals surface area contributed by atoms with Crippen molar-refractivity contribution in [2.75, 3.05) is 0 Å². The average Bonchev–Trinajstić information content (AvgIpc) is 2.88. The van der Waals surface area contributed by atoms with Gasteiger partial charge >= 0.3 is 0 Å². The fourth-order valence-corrected chi connectivity index (χ4v) is 2.28. The van der Waals surface area contributed by atoms with Crippen LogP contribution in [-0.2, 0) is 11.3 Å². The number of aromatic nitrogens is 2. The molecule has 1 atom stereocenters. The first-order valence-corrected chi connectivity index (χ1v) is 6.03. The van der Waals surface area contributed by atoms with E-state index < -0.39 is 0 Å². The summed E-state index contributed by atoms with van der Waals surface area (Å²) in [5, 5.41) is 7.19. The first-order chi connectivity index (χ1) is 7.75. The van der Waals surface area contributed by atoms with Gasteiger partial charge in [-0.3, -0.25) is 9.48 Å². The molecule has 1 N–H and O–H groups in total. The number of carbonyl (C=O) groups is 1. The van der Waals surface area contributed by atoms with Crippen molar-refractivity contribution in [3.63, 3.8) is 0 Å². The quantitative estimate of drug-likeness (QED) is 0.839. The summed E-state index contributed by atoms with van der Waals surface area (Å²) >= 11 is 0. The van der Waals surface area contributed by atoms with Crippen LogP contribution in [0.3, 0.4) is 0 Å². The Bertz CT molecular complexity index is 328. The molecule has 1 aromatic rings. The zero-order valence-electron chi connectivity index (χ0n) is 9.72. The number of hydrogen-bond acceptors (Lipinski definition) is 2. The summed E-state index contributed by atoms with van der Waals surface area (Å²) in [4.78, 5) is 11.8. The highest BCUT2D eigenvalue weighted by molar-refractivity contribution is 5.79. The first kappa shape index (κ1) is 11.2. The molecule has 1 aliphatic carbocycles. The second-order valence-corrected chi connectivity index (χ2v) is 4.62. The highest BCUT2D eigenvalue weighted by Crippen LogP contribution is 2.24. The maximum Gasteiger partial charge on any atom is 0.223 e. The van der Waals surface area contributed by atoms with Gasteiger partial charge in [-0.25, -0.2) is 0 Å². The lowest BCUT2D eigenvalue weighted by Crippen LogP contribution is -2.38. The summed E-state index contributed by atoms with van der Waals surface area (Å²) < 4.78 is 1.85. The molecule has 0 spiro atoms. The van der Waals surface area contributed by atoms with Crippen LogP contribution >= 0.6 is 0 Å². The van der Waals surface area contributed by atoms with E-state index in [1.54, 1.807) is 6.20 Å². The van der Waals surface area contributed by atoms with E-state index >= 15 is 0 Å². The zero-order valence-corrected chi connectivity index (χ0v) is 9.72. The molecule has 2 rings (SSSR count). The minimum Gasteiger partial charge on any atom is -0.352 e. The van der Waals surface area contributed by atoms with Gasteiger partial charge < -0.3 is 5.32 Å². The van der Waals surface area contributed by atoms with Gasteiger partial charge in [-0.05, 0) is 25.8 Å². The Kier molecular flexibility index (Phi) is 3.59. The lowest BCUT2D eigenvalue weighted by Gasteiger charge is -2.16. The fourth-order valence-electron chi connectivity index (χ4n) is 2.28. The molecule has 0 aliphatic heterocycles. The van der Waals surface area contributed by atoms with Crippen molar-refractivity contribution in [2.24, 2.45) is 5.92 Å². The number of nitrogens with zero attached hydrogens (tertiary/aromatic N) is 2. The third kappa shape index (κ3) is 2.84. The molecule has 4 nitrogen and oxygen atoms in total. The van der Waals surface area contributed by atoms with Gasteiger partial charge in [0.1, 0.15) is 0 Å². The number of nitrogens with one attached hydrogen (secondary N) is 1. The van der Waals surface area contributed by atoms with Crippen molar-refractivity contribution in [3.8, 4) is 0 Å². The predicted octanol–water partition coefficient (Wildman–Crippen LogP) is 1.58. The molecule has 16 heavy (non-hydrogen) atoms. The second-order valence-electron chi connectivity index (χ2n) is 4.62. The highest BCUT2D eigenvalue weighted by atomic mass is 16.1. The van der Waals surface area contributed by atoms with E-state index in [1.807, 2.05) is 23.9 Å². The minimum absolute atomic E-state index is 0.146. The molecule has 0 unspecified atom stereocenters. The van der Waals surface area contributed by atoms with Crippen LogP contribution in [-0.4, -0.2) is 21.7 Å². The second kappa shape index (κ2) is 5.14. The zero-order chi connectivity index (χ0) is 11.4. The number of carbonyl (C=O) groups excluding carboxylic acids is 1. The van der Waals surface area contributed by atoms with E-state index in [2.05, 4.69) is 10.4 Å². The number of hydrogen-bond donors (Lipinski definition) is 1. The molecule has 1 amide bonds. The Hall–Kier alpha value is -1.32. The molecular formula is C12H19N3O. The normalized spacial score (nSPS) is 18.6. The van der Waals surface area contributed by atoms with Crippen molar-refractivity contribution in [1.82, 2.24) is 15.1 Å². The Balaban J connectivity index is 1.78. The molecule has 0 aromatic carbocycles. The highest BCUT2D eigenvalue weighted by Gasteiger charge is 2.23. The number of amides is 1. The topological polar surface area (TPSA) is 46.9 Å². The summed E-state index contributed by atoms with van der Waals surface area (Å²) in [5.41, 5.74) is 0. The summed E-state index contributed by atoms with van der Waals surface area (Å²) in [5.74, 6) is 0.470. The fraction of sp³-hybridized carbons (Fsp3) is 0.667. The molecule has 1 fully saturated rings. The predicted molar refractivity (Wildman–Crippen MR) is 61.8 cm³/mol. The Morgan fingerprint density at radius 2 is 2.31 bits per heavy atom. The van der Waals surface area contributed by atoms with Gasteiger partial charge in [0.2, 0.25) is 5.91 Å². The van der Waals surface area contributed by atoms with Gasteiger partial charge in [-0.15, -0.1) is 0 Å². The van der Waals surface area contributed by atoms with E-state index in [-0.39, 0.29) is 17.9 Å². The smallest absolute Gasteiger partial charge is 0.223 e. The molecular weight excluding hydrogens is 202 g/mol. The standard InChI is InChI=1S/C12H19N3O/c1-10(9-15-8-4-7-13-15)14-12(16)11-5-2-3-6-11/h4,7-8,10-11H,2-3,5-6,9H2,1H3,(H,14,16)/t10-/m1/s1. The first-order valence-electron chi connectivity index (χ1n) is 6.03. The third-order valence-electron chi connectivity index (χ3n) is 3.13. The van der Waals surface area contributed by atoms with Crippen molar-refractivity contribution >= 4 is 5.91 Å². The van der Waals surface area contributed by atoms with Gasteiger partial charge in [-0.2, -0.15) is 5.10 Å². The molecule has 1 aliphatic rings. The van der Waals surface area contributed by atoms with Crippen LogP contribution in [0.4, 0.5) is 0 Å². The third-order valence-corrected chi connectivity index (χ3v) is 3.13. The Labute approximate surface area is 96.0 Å². The van der Waals surface area contributed by atoms with E-state index in [4.69, 9.17) is 0 Å². The largest absolute Gasteiger partial charge is 0.352 e. The molecule has 1 aromatic heterocycles. The van der Waals surface area contributed by atoms with Crippen LogP contribution < -0.4 is 5.32 Å². The van der Waals surface area contributed by atoms with Crippen LogP contribution in [0.15, 0.2) is 18.5 Å². The molecule has 0 bridgehead atoms. The van der Waals surface area contributed by atoms with Crippen LogP contribution in [0.1, 0.15) is 32.6 Å². The van der Waals surface area contributed by atoms with Gasteiger partial charge in [0.15, 0.2) is 0 Å². The van der Waals surface area contributed by atoms with Gasteiger partial charge in [-0.1, -0.05) is 12.8 Å². The summed E-state index contributed by atoms with van der Waals surface area (Å²) in [6.45, 7) is 2.76. The molecule has 0 radical (unpaired) electrons. The van der Waals surface area contributed by atoms with Crippen LogP contribution in [0.2, 0.25) is 0 Å². The monoisotopic (exact) mass is 221 g/mol. The number of rotatable bonds is 4. The van der Waals surface area contributed by atoms with E-state index in [0.29, 0.717) is 0 Å². The molecule has 88 valence electrons. The minimum atomic E-state index is 0.146. The van der Waals surface area contributed by atoms with Crippen molar-refractivity contribution in [3.05, 3.63) is 18.5 Å². The lowest BCUT2D eigenvalue weighted by atomic mass is 10.1. The van der Waals surface area contributed by atoms with E-state index in [1.165, 1.54) is 12.8 Å². The lowest BCUT2D eigenvalue weighted by molar-refractivity contribution is -0.125.